The molecule has 3 unspecified atom stereocenters. The van der Waals surface area contributed by atoms with E-state index in [4.69, 9.17) is 19.9 Å². The van der Waals surface area contributed by atoms with Gasteiger partial charge in [-0.1, -0.05) is 6.92 Å². The standard InChI is InChI=1S/C19H22N4OS2.C17H15F2N3OS2.3C17H18N4OS2.C16H15N3O2S2/c1-10(2)23-8-11(3)16-15(9-23)26-18(21-12(4)24)17(16)19-22-13-7-20-6-5-14(13)25-19;1-8(23)21-16-12(9-4-2-3-5-10(9)24-16)17-22-13-11(25-17)6-7-20-14(13)15(18)19;3*1-8-6-11-14(17-21-12-7-18-5-4-13(12)23-17)16(20-10(3)22)24-15(11)9(2)19-8;1-9(20)17-15-14(10-4-2-3-5-12(10)22-15)16-18-11-8-19(21)7-6-13(11)23-16/h5-7,10-11H,8-9H2,1-4H3,(H,21,24);6-7,15H,2-5H2,1H3,(H,21,23);3*4-5,7-9,19H,6H2,1-3H3,(H,20,22);6-8H,2-5H2,1H3,(H-,17,18,20,21)/p+1/t;;2*8-,9-;;/m..10../s1. The molecular weight excluding hydrogens is 2080 g/mol. The summed E-state index contributed by atoms with van der Waals surface area (Å²) in [5.74, 6) is 0.0138. The molecule has 756 valence electrons. The third-order valence-corrected chi connectivity index (χ3v) is 39.3. The van der Waals surface area contributed by atoms with Crippen molar-refractivity contribution in [3.05, 3.63) is 173 Å². The Bertz CT molecular complexity index is 7540. The van der Waals surface area contributed by atoms with Crippen molar-refractivity contribution < 1.29 is 47.5 Å². The number of fused-ring (bicyclic) bond motifs is 12. The van der Waals surface area contributed by atoms with E-state index in [2.05, 4.69) is 150 Å². The zero-order valence-electron chi connectivity index (χ0n) is 82.6. The molecule has 7 atom stereocenters. The number of nitrogens with zero attached hydrogens (tertiary/aromatic N) is 13. The number of carbonyl (C=O) groups is 6. The molecule has 18 aromatic rings. The summed E-state index contributed by atoms with van der Waals surface area (Å²) in [5.41, 5.74) is 18.5. The van der Waals surface area contributed by atoms with Gasteiger partial charge in [-0.2, -0.15) is 0 Å². The highest BCUT2D eigenvalue weighted by Crippen LogP contribution is 2.55. The van der Waals surface area contributed by atoms with E-state index in [0.29, 0.717) is 39.8 Å². The van der Waals surface area contributed by atoms with Gasteiger partial charge in [0.25, 0.3) is 6.43 Å². The quantitative estimate of drug-likeness (QED) is 0.0357. The minimum Gasteiger partial charge on any atom is -0.317 e. The normalized spacial score (nSPS) is 17.7. The van der Waals surface area contributed by atoms with E-state index in [9.17, 15) is 42.8 Å². The van der Waals surface area contributed by atoms with Crippen LogP contribution in [-0.2, 0) is 80.3 Å². The molecule has 2 aliphatic carbocycles. The Hall–Kier alpha value is -11.2. The second kappa shape index (κ2) is 44.3. The second-order valence-corrected chi connectivity index (χ2v) is 50.0. The fourth-order valence-corrected chi connectivity index (χ4v) is 34.0. The Morgan fingerprint density at radius 1 is 0.390 bits per heavy atom. The van der Waals surface area contributed by atoms with Crippen LogP contribution in [0.2, 0.25) is 0 Å². The number of anilines is 6. The highest BCUT2D eigenvalue weighted by molar-refractivity contribution is 7.26. The van der Waals surface area contributed by atoms with Gasteiger partial charge >= 0.3 is 0 Å². The number of thiazole rings is 6. The first kappa shape index (κ1) is 103. The number of carbonyl (C=O) groups excluding carboxylic acids is 6. The van der Waals surface area contributed by atoms with Gasteiger partial charge in [0.15, 0.2) is 5.52 Å². The summed E-state index contributed by atoms with van der Waals surface area (Å²) >= 11 is 19.5. The first-order chi connectivity index (χ1) is 70.2. The summed E-state index contributed by atoms with van der Waals surface area (Å²) in [6, 6.07) is 14.1. The van der Waals surface area contributed by atoms with Gasteiger partial charge in [0.05, 0.1) is 53.0 Å². The number of halogens is 2. The Morgan fingerprint density at radius 3 is 1.07 bits per heavy atom. The molecule has 0 bridgehead atoms. The maximum absolute atomic E-state index is 13.2. The molecular formula is C103H107F2N22O7S12+. The molecule has 29 nitrogen and oxygen atoms in total. The third kappa shape index (κ3) is 22.3. The number of aryl methyl sites for hydroxylation is 2. The highest BCUT2D eigenvalue weighted by Gasteiger charge is 2.38. The van der Waals surface area contributed by atoms with E-state index < -0.39 is 6.43 Å². The van der Waals surface area contributed by atoms with Gasteiger partial charge in [-0.05, 0) is 196 Å². The lowest BCUT2D eigenvalue weighted by molar-refractivity contribution is -0.904. The van der Waals surface area contributed by atoms with Crippen LogP contribution >= 0.6 is 136 Å². The van der Waals surface area contributed by atoms with E-state index in [1.165, 1.54) is 107 Å². The summed E-state index contributed by atoms with van der Waals surface area (Å²) in [6.45, 7) is 31.0. The van der Waals surface area contributed by atoms with Crippen molar-refractivity contribution in [2.75, 3.05) is 38.4 Å². The predicted octanol–water partition coefficient (Wildman–Crippen LogP) is 25.2. The first-order valence-electron chi connectivity index (χ1n) is 48.2. The number of rotatable bonds is 14. The Morgan fingerprint density at radius 2 is 0.705 bits per heavy atom. The second-order valence-electron chi connectivity index (χ2n) is 37.3. The SMILES string of the molecule is CC(=O)Nc1sc2c(c1-c1nc3c(C(F)F)nccc3s1)CCCC2.CC(=O)Nc1sc2c(c1-c1nc3c[n+](O)ccc3s1)CCCC2.CC(=O)Nc1sc2c(c1-c1nc3cnccc3s1)C(C)CN(C(C)C)C2.CC(=O)Nc1sc2c(c1-c1nc3cnccc3s1)CC(C)NC2C.CC(=O)Nc1sc2c(c1-c1nc3cnccc3s1)C[C@@H](C)N[C@@H]2C.CC(=O)Nc1sc2c(c1-c1nc3cnccc3s1)C[C@H](C)N[C@H]2C. The Kier molecular flexibility index (Phi) is 31.3. The van der Waals surface area contributed by atoms with Crippen LogP contribution in [0.3, 0.4) is 0 Å². The molecule has 43 heteroatoms. The number of hydrogen-bond donors (Lipinski definition) is 10. The van der Waals surface area contributed by atoms with Crippen LogP contribution in [0.5, 0.6) is 0 Å². The number of pyridine rings is 6. The van der Waals surface area contributed by atoms with Crippen molar-refractivity contribution in [1.29, 1.82) is 0 Å². The minimum atomic E-state index is -2.66. The molecule has 0 saturated carbocycles. The number of hydrogen-bond acceptors (Lipinski definition) is 34. The van der Waals surface area contributed by atoms with Crippen LogP contribution in [0.15, 0.2) is 105 Å². The van der Waals surface area contributed by atoms with Crippen molar-refractivity contribution in [3.63, 3.8) is 0 Å². The van der Waals surface area contributed by atoms with Crippen LogP contribution in [0, 0.1) is 0 Å². The van der Waals surface area contributed by atoms with Gasteiger partial charge in [-0.3, -0.25) is 63.8 Å². The zero-order valence-corrected chi connectivity index (χ0v) is 92.4. The van der Waals surface area contributed by atoms with Crippen LogP contribution in [0.4, 0.5) is 38.8 Å². The average molecular weight is 2190 g/mol. The van der Waals surface area contributed by atoms with Crippen molar-refractivity contribution in [2.24, 2.45) is 0 Å². The molecule has 24 rings (SSSR count). The van der Waals surface area contributed by atoms with Crippen LogP contribution in [0.1, 0.15) is 228 Å². The molecule has 0 saturated heterocycles. The zero-order chi connectivity index (χ0) is 102. The predicted molar refractivity (Wildman–Crippen MR) is 596 cm³/mol. The van der Waals surface area contributed by atoms with E-state index in [0.717, 1.165) is 215 Å². The van der Waals surface area contributed by atoms with Gasteiger partial charge in [-0.25, -0.2) is 38.7 Å². The average Bonchev–Trinajstić information content (AvgIpc) is 1.82. The summed E-state index contributed by atoms with van der Waals surface area (Å²) in [4.78, 5) is 129. The molecule has 18 aromatic heterocycles. The molecule has 146 heavy (non-hydrogen) atoms. The highest BCUT2D eigenvalue weighted by atomic mass is 32.1. The molecule has 0 fully saturated rings. The molecule has 6 aliphatic rings. The number of thiophene rings is 6. The van der Waals surface area contributed by atoms with Crippen molar-refractivity contribution >= 4 is 263 Å². The van der Waals surface area contributed by atoms with Crippen LogP contribution < -0.4 is 52.6 Å². The smallest absolute Gasteiger partial charge is 0.282 e. The lowest BCUT2D eigenvalue weighted by Gasteiger charge is -2.34. The minimum absolute atomic E-state index is 0.0407. The van der Waals surface area contributed by atoms with E-state index in [-0.39, 0.29) is 64.8 Å². The topological polar surface area (TPSA) is 380 Å². The first-order valence-corrected chi connectivity index (χ1v) is 58.0. The molecule has 6 amide bonds. The lowest BCUT2D eigenvalue weighted by atomic mass is 9.92. The van der Waals surface area contributed by atoms with Crippen LogP contribution in [-0.4, -0.2) is 131 Å². The molecule has 0 radical (unpaired) electrons. The monoisotopic (exact) mass is 2190 g/mol. The van der Waals surface area contributed by atoms with Crippen LogP contribution in [0.25, 0.3) is 125 Å². The van der Waals surface area contributed by atoms with E-state index in [1.54, 1.807) is 220 Å². The fourth-order valence-electron chi connectivity index (χ4n) is 19.6. The largest absolute Gasteiger partial charge is 0.317 e. The molecule has 10 N–H and O–H groups in total. The maximum Gasteiger partial charge on any atom is 0.282 e. The molecule has 22 heterocycles. The number of alkyl halides is 2. The summed E-state index contributed by atoms with van der Waals surface area (Å²) in [6.07, 6.45) is 27.7. The Labute approximate surface area is 888 Å². The number of nitrogens with one attached hydrogen (secondary N) is 9. The summed E-state index contributed by atoms with van der Waals surface area (Å²) < 4.78 is 33.6. The van der Waals surface area contributed by atoms with Crippen molar-refractivity contribution in [2.45, 2.75) is 236 Å². The molecule has 0 spiro atoms. The van der Waals surface area contributed by atoms with Gasteiger partial charge in [0, 0.05) is 201 Å². The van der Waals surface area contributed by atoms with Gasteiger partial charge in [0.2, 0.25) is 47.8 Å². The number of aromatic nitrogens is 12. The summed E-state index contributed by atoms with van der Waals surface area (Å²) in [7, 11) is 0. The van der Waals surface area contributed by atoms with Gasteiger partial charge < -0.3 is 47.9 Å². The molecule has 0 aromatic carbocycles. The fraction of sp³-hybridized carbons (Fsp3) is 0.359. The third-order valence-electron chi connectivity index (χ3n) is 25.5. The van der Waals surface area contributed by atoms with Gasteiger partial charge in [0.1, 0.15) is 93.3 Å². The number of amides is 6. The van der Waals surface area contributed by atoms with E-state index in [1.807, 2.05) is 30.3 Å². The lowest BCUT2D eigenvalue weighted by Crippen LogP contribution is -2.36. The van der Waals surface area contributed by atoms with Crippen molar-refractivity contribution in [1.82, 2.24) is 75.7 Å². The van der Waals surface area contributed by atoms with Crippen molar-refractivity contribution in [3.8, 4) is 63.4 Å². The maximum atomic E-state index is 13.2. The molecule has 4 aliphatic heterocycles. The Balaban J connectivity index is 0.000000111. The van der Waals surface area contributed by atoms with E-state index >= 15 is 0 Å². The summed E-state index contributed by atoms with van der Waals surface area (Å²) in [5, 5.41) is 49.0. The van der Waals surface area contributed by atoms with Gasteiger partial charge in [-0.15, -0.1) is 136 Å².